The standard InChI is InChI=1S/C24H32N4O4/c1-19(23(29)27-9-11-28(12-10-27)24(30)22-8-5-15-32-22)25(2)18-20-6-3-4-7-21(20)26-13-16-31-17-14-26/h3-8,15,19H,9-14,16-18H2,1-2H3. The molecule has 2 fully saturated rings. The molecule has 0 spiro atoms. The Hall–Kier alpha value is -2.84. The zero-order valence-electron chi connectivity index (χ0n) is 18.9. The van der Waals surface area contributed by atoms with Crippen LogP contribution >= 0.6 is 0 Å². The van der Waals surface area contributed by atoms with Crippen molar-refractivity contribution in [3.8, 4) is 0 Å². The summed E-state index contributed by atoms with van der Waals surface area (Å²) in [6.07, 6.45) is 1.50. The Bertz CT molecular complexity index is 902. The van der Waals surface area contributed by atoms with E-state index in [4.69, 9.17) is 9.15 Å². The number of para-hydroxylation sites is 1. The Labute approximate surface area is 189 Å². The second kappa shape index (κ2) is 10.2. The van der Waals surface area contributed by atoms with Gasteiger partial charge in [0.2, 0.25) is 5.91 Å². The molecule has 0 aliphatic carbocycles. The molecule has 2 amide bonds. The van der Waals surface area contributed by atoms with E-state index in [0.717, 1.165) is 26.3 Å². The fourth-order valence-electron chi connectivity index (χ4n) is 4.30. The van der Waals surface area contributed by atoms with Gasteiger partial charge in [0, 0.05) is 51.5 Å². The van der Waals surface area contributed by atoms with Gasteiger partial charge in [-0.1, -0.05) is 18.2 Å². The predicted octanol–water partition coefficient (Wildman–Crippen LogP) is 1.92. The first-order chi connectivity index (χ1) is 15.5. The Balaban J connectivity index is 1.33. The van der Waals surface area contributed by atoms with E-state index >= 15 is 0 Å². The number of carbonyl (C=O) groups is 2. The second-order valence-corrected chi connectivity index (χ2v) is 8.41. The van der Waals surface area contributed by atoms with E-state index in [2.05, 4.69) is 34.1 Å². The van der Waals surface area contributed by atoms with Crippen LogP contribution in [0.2, 0.25) is 0 Å². The van der Waals surface area contributed by atoms with E-state index in [0.29, 0.717) is 38.5 Å². The zero-order valence-corrected chi connectivity index (χ0v) is 18.9. The van der Waals surface area contributed by atoms with Crippen LogP contribution in [0, 0.1) is 0 Å². The van der Waals surface area contributed by atoms with Crippen LogP contribution in [-0.2, 0) is 16.1 Å². The average molecular weight is 441 g/mol. The predicted molar refractivity (Wildman–Crippen MR) is 122 cm³/mol. The molecule has 1 aromatic heterocycles. The highest BCUT2D eigenvalue weighted by Gasteiger charge is 2.30. The Morgan fingerprint density at radius 1 is 0.969 bits per heavy atom. The first kappa shape index (κ1) is 22.4. The minimum Gasteiger partial charge on any atom is -0.459 e. The van der Waals surface area contributed by atoms with Gasteiger partial charge in [0.15, 0.2) is 5.76 Å². The third-order valence-corrected chi connectivity index (χ3v) is 6.39. The molecule has 1 unspecified atom stereocenters. The van der Waals surface area contributed by atoms with Gasteiger partial charge in [0.25, 0.3) is 5.91 Å². The lowest BCUT2D eigenvalue weighted by molar-refractivity contribution is -0.137. The molecule has 0 bridgehead atoms. The van der Waals surface area contributed by atoms with Crippen molar-refractivity contribution in [2.75, 3.05) is 64.4 Å². The average Bonchev–Trinajstić information content (AvgIpc) is 3.39. The Morgan fingerprint density at radius 3 is 2.34 bits per heavy atom. The molecule has 8 nitrogen and oxygen atoms in total. The maximum absolute atomic E-state index is 13.2. The number of rotatable bonds is 6. The number of anilines is 1. The van der Waals surface area contributed by atoms with Crippen LogP contribution in [0.3, 0.4) is 0 Å². The van der Waals surface area contributed by atoms with Crippen LogP contribution in [-0.4, -0.2) is 92.1 Å². The van der Waals surface area contributed by atoms with E-state index in [1.54, 1.807) is 17.0 Å². The summed E-state index contributed by atoms with van der Waals surface area (Å²) in [6.45, 7) is 8.01. The summed E-state index contributed by atoms with van der Waals surface area (Å²) < 4.78 is 10.7. The third kappa shape index (κ3) is 4.97. The highest BCUT2D eigenvalue weighted by Crippen LogP contribution is 2.23. The van der Waals surface area contributed by atoms with Gasteiger partial charge in [-0.25, -0.2) is 0 Å². The quantitative estimate of drug-likeness (QED) is 0.684. The summed E-state index contributed by atoms with van der Waals surface area (Å²) >= 11 is 0. The number of ether oxygens (including phenoxy) is 1. The van der Waals surface area contributed by atoms with Crippen molar-refractivity contribution in [3.05, 3.63) is 54.0 Å². The molecule has 3 heterocycles. The maximum Gasteiger partial charge on any atom is 0.289 e. The van der Waals surface area contributed by atoms with Crippen LogP contribution in [0.25, 0.3) is 0 Å². The molecule has 1 atom stereocenters. The van der Waals surface area contributed by atoms with E-state index in [9.17, 15) is 9.59 Å². The van der Waals surface area contributed by atoms with Crippen molar-refractivity contribution in [1.82, 2.24) is 14.7 Å². The molecule has 2 aromatic rings. The van der Waals surface area contributed by atoms with Crippen molar-refractivity contribution in [2.45, 2.75) is 19.5 Å². The van der Waals surface area contributed by atoms with E-state index in [1.807, 2.05) is 18.9 Å². The molecule has 2 saturated heterocycles. The van der Waals surface area contributed by atoms with Crippen molar-refractivity contribution in [3.63, 3.8) is 0 Å². The normalized spacial score (nSPS) is 18.2. The highest BCUT2D eigenvalue weighted by atomic mass is 16.5. The number of furan rings is 1. The number of benzene rings is 1. The highest BCUT2D eigenvalue weighted by molar-refractivity contribution is 5.91. The first-order valence-corrected chi connectivity index (χ1v) is 11.3. The monoisotopic (exact) mass is 440 g/mol. The molecular weight excluding hydrogens is 408 g/mol. The van der Waals surface area contributed by atoms with Gasteiger partial charge in [-0.15, -0.1) is 0 Å². The minimum atomic E-state index is -0.250. The number of piperazine rings is 1. The van der Waals surface area contributed by atoms with Gasteiger partial charge in [0.05, 0.1) is 25.5 Å². The van der Waals surface area contributed by atoms with Crippen LogP contribution in [0.4, 0.5) is 5.69 Å². The molecule has 0 N–H and O–H groups in total. The van der Waals surface area contributed by atoms with Crippen molar-refractivity contribution in [1.29, 1.82) is 0 Å². The number of carbonyl (C=O) groups excluding carboxylic acids is 2. The SMILES string of the molecule is CC(C(=O)N1CCN(C(=O)c2ccco2)CC1)N(C)Cc1ccccc1N1CCOCC1. The van der Waals surface area contributed by atoms with Crippen molar-refractivity contribution in [2.24, 2.45) is 0 Å². The molecule has 0 saturated carbocycles. The first-order valence-electron chi connectivity index (χ1n) is 11.3. The number of likely N-dealkylation sites (N-methyl/N-ethyl adjacent to an activating group) is 1. The van der Waals surface area contributed by atoms with Crippen LogP contribution in [0.5, 0.6) is 0 Å². The summed E-state index contributed by atoms with van der Waals surface area (Å²) in [6, 6.07) is 11.5. The lowest BCUT2D eigenvalue weighted by atomic mass is 10.1. The van der Waals surface area contributed by atoms with E-state index in [-0.39, 0.29) is 17.9 Å². The summed E-state index contributed by atoms with van der Waals surface area (Å²) in [5.74, 6) is 0.324. The fourth-order valence-corrected chi connectivity index (χ4v) is 4.30. The van der Waals surface area contributed by atoms with Crippen LogP contribution in [0.1, 0.15) is 23.0 Å². The van der Waals surface area contributed by atoms with Crippen molar-refractivity contribution < 1.29 is 18.7 Å². The summed E-state index contributed by atoms with van der Waals surface area (Å²) in [5, 5.41) is 0. The lowest BCUT2D eigenvalue weighted by Crippen LogP contribution is -2.54. The third-order valence-electron chi connectivity index (χ3n) is 6.39. The molecule has 4 rings (SSSR count). The Kier molecular flexibility index (Phi) is 7.12. The molecular formula is C24H32N4O4. The van der Waals surface area contributed by atoms with Crippen LogP contribution in [0.15, 0.2) is 47.1 Å². The fraction of sp³-hybridized carbons (Fsp3) is 0.500. The molecule has 8 heteroatoms. The summed E-state index contributed by atoms with van der Waals surface area (Å²) in [4.78, 5) is 33.7. The summed E-state index contributed by atoms with van der Waals surface area (Å²) in [7, 11) is 2.00. The number of hydrogen-bond donors (Lipinski definition) is 0. The molecule has 2 aliphatic heterocycles. The number of hydrogen-bond acceptors (Lipinski definition) is 6. The largest absolute Gasteiger partial charge is 0.459 e. The molecule has 2 aliphatic rings. The molecule has 32 heavy (non-hydrogen) atoms. The van der Waals surface area contributed by atoms with E-state index < -0.39 is 0 Å². The summed E-state index contributed by atoms with van der Waals surface area (Å²) in [5.41, 5.74) is 2.43. The lowest BCUT2D eigenvalue weighted by Gasteiger charge is -2.37. The minimum absolute atomic E-state index is 0.0986. The second-order valence-electron chi connectivity index (χ2n) is 8.41. The number of nitrogens with zero attached hydrogens (tertiary/aromatic N) is 4. The van der Waals surface area contributed by atoms with Gasteiger partial charge >= 0.3 is 0 Å². The van der Waals surface area contributed by atoms with Gasteiger partial charge in [-0.3, -0.25) is 14.5 Å². The molecule has 1 aromatic carbocycles. The van der Waals surface area contributed by atoms with Gasteiger partial charge in [-0.05, 0) is 37.7 Å². The van der Waals surface area contributed by atoms with Crippen LogP contribution < -0.4 is 4.90 Å². The maximum atomic E-state index is 13.2. The number of amides is 2. The molecule has 172 valence electrons. The van der Waals surface area contributed by atoms with E-state index in [1.165, 1.54) is 17.5 Å². The Morgan fingerprint density at radius 2 is 1.66 bits per heavy atom. The number of morpholine rings is 1. The molecule has 0 radical (unpaired) electrons. The zero-order chi connectivity index (χ0) is 22.5. The topological polar surface area (TPSA) is 69.5 Å². The smallest absolute Gasteiger partial charge is 0.289 e. The van der Waals surface area contributed by atoms with Gasteiger partial charge < -0.3 is 23.9 Å². The van der Waals surface area contributed by atoms with Gasteiger partial charge in [-0.2, -0.15) is 0 Å². The van der Waals surface area contributed by atoms with Crippen molar-refractivity contribution >= 4 is 17.5 Å². The van der Waals surface area contributed by atoms with Gasteiger partial charge in [0.1, 0.15) is 0 Å².